The van der Waals surface area contributed by atoms with Crippen LogP contribution in [0.2, 0.25) is 0 Å². The average molecular weight is 266 g/mol. The fraction of sp³-hybridized carbons (Fsp3) is 0.857. The predicted molar refractivity (Wildman–Crippen MR) is 70.9 cm³/mol. The molecular weight excluding hydrogens is 244 g/mol. The number of carbonyl (C=O) groups excluding carboxylic acids is 1. The van der Waals surface area contributed by atoms with E-state index in [0.717, 1.165) is 5.71 Å². The van der Waals surface area contributed by atoms with Crippen LogP contribution in [-0.2, 0) is 9.57 Å². The molecule has 0 radical (unpaired) electrons. The Hall–Kier alpha value is -1.26. The van der Waals surface area contributed by atoms with Gasteiger partial charge in [0.2, 0.25) is 0 Å². The summed E-state index contributed by atoms with van der Waals surface area (Å²) in [6.07, 6.45) is 3.70. The molecule has 3 aliphatic rings. The van der Waals surface area contributed by atoms with Crippen molar-refractivity contribution in [2.45, 2.75) is 51.7 Å². The van der Waals surface area contributed by atoms with Crippen molar-refractivity contribution in [3.05, 3.63) is 0 Å². The minimum Gasteiger partial charge on any atom is -0.444 e. The number of fused-ring (bicyclic) bond motifs is 5. The van der Waals surface area contributed by atoms with Gasteiger partial charge in [-0.15, -0.1) is 0 Å². The van der Waals surface area contributed by atoms with Crippen LogP contribution in [0, 0.1) is 17.8 Å². The maximum atomic E-state index is 11.6. The standard InChI is InChI=1S/C14H22N2O3/c1-14(2,3)18-13(17)15-7-10-11-8-4-5-9(6-8)12(11)19-16-10/h8-9,11-12H,4-7H2,1-3H3,(H,15,17)/t8-,9+,11-,12-/m1/s1. The van der Waals surface area contributed by atoms with E-state index in [1.54, 1.807) is 0 Å². The zero-order valence-electron chi connectivity index (χ0n) is 11.8. The summed E-state index contributed by atoms with van der Waals surface area (Å²) in [6, 6.07) is 0. The van der Waals surface area contributed by atoms with Crippen LogP contribution in [0.25, 0.3) is 0 Å². The van der Waals surface area contributed by atoms with Crippen molar-refractivity contribution in [1.82, 2.24) is 5.32 Å². The van der Waals surface area contributed by atoms with Crippen molar-refractivity contribution in [3.63, 3.8) is 0 Å². The molecule has 1 heterocycles. The fourth-order valence-corrected chi connectivity index (χ4v) is 3.67. The van der Waals surface area contributed by atoms with Crippen molar-refractivity contribution in [3.8, 4) is 0 Å². The van der Waals surface area contributed by atoms with Crippen molar-refractivity contribution in [2.75, 3.05) is 6.54 Å². The Morgan fingerprint density at radius 2 is 2.16 bits per heavy atom. The zero-order chi connectivity index (χ0) is 13.6. The predicted octanol–water partition coefficient (Wildman–Crippen LogP) is 2.31. The van der Waals surface area contributed by atoms with Gasteiger partial charge < -0.3 is 14.9 Å². The molecule has 4 atom stereocenters. The van der Waals surface area contributed by atoms with Crippen molar-refractivity contribution >= 4 is 11.8 Å². The minimum atomic E-state index is -0.465. The smallest absolute Gasteiger partial charge is 0.407 e. The molecule has 5 heteroatoms. The topological polar surface area (TPSA) is 59.9 Å². The third-order valence-corrected chi connectivity index (χ3v) is 4.33. The third kappa shape index (κ3) is 2.42. The van der Waals surface area contributed by atoms with Crippen LogP contribution >= 0.6 is 0 Å². The molecule has 3 rings (SSSR count). The Balaban J connectivity index is 1.53. The van der Waals surface area contributed by atoms with Crippen LogP contribution < -0.4 is 5.32 Å². The number of nitrogens with zero attached hydrogens (tertiary/aromatic N) is 1. The molecule has 0 spiro atoms. The van der Waals surface area contributed by atoms with E-state index in [2.05, 4.69) is 10.5 Å². The number of rotatable bonds is 2. The van der Waals surface area contributed by atoms with Gasteiger partial charge in [-0.3, -0.25) is 0 Å². The summed E-state index contributed by atoms with van der Waals surface area (Å²) in [4.78, 5) is 17.2. The van der Waals surface area contributed by atoms with E-state index in [4.69, 9.17) is 9.57 Å². The summed E-state index contributed by atoms with van der Waals surface area (Å²) >= 11 is 0. The SMILES string of the molecule is CC(C)(C)OC(=O)NCC1=NO[C@@H]2[C@H]3CC[C@H](C3)[C@H]12. The normalized spacial score (nSPS) is 35.6. The Kier molecular flexibility index (Phi) is 2.95. The molecule has 5 nitrogen and oxygen atoms in total. The van der Waals surface area contributed by atoms with E-state index in [9.17, 15) is 4.79 Å². The van der Waals surface area contributed by atoms with E-state index < -0.39 is 5.60 Å². The Morgan fingerprint density at radius 1 is 1.42 bits per heavy atom. The molecule has 1 aliphatic heterocycles. The molecule has 0 saturated heterocycles. The van der Waals surface area contributed by atoms with Gasteiger partial charge in [0.05, 0.1) is 12.3 Å². The van der Waals surface area contributed by atoms with Crippen LogP contribution in [0.5, 0.6) is 0 Å². The lowest BCUT2D eigenvalue weighted by molar-refractivity contribution is 0.0275. The lowest BCUT2D eigenvalue weighted by Crippen LogP contribution is -2.39. The second-order valence-corrected chi connectivity index (χ2v) is 6.87. The van der Waals surface area contributed by atoms with E-state index in [-0.39, 0.29) is 12.2 Å². The summed E-state index contributed by atoms with van der Waals surface area (Å²) < 4.78 is 5.22. The largest absolute Gasteiger partial charge is 0.444 e. The van der Waals surface area contributed by atoms with Crippen LogP contribution in [0.4, 0.5) is 4.79 Å². The molecule has 1 amide bonds. The van der Waals surface area contributed by atoms with Gasteiger partial charge in [-0.25, -0.2) is 4.79 Å². The number of nitrogens with one attached hydrogen (secondary N) is 1. The maximum Gasteiger partial charge on any atom is 0.407 e. The Morgan fingerprint density at radius 3 is 2.89 bits per heavy atom. The molecule has 106 valence electrons. The third-order valence-electron chi connectivity index (χ3n) is 4.33. The second-order valence-electron chi connectivity index (χ2n) is 6.87. The number of alkyl carbamates (subject to hydrolysis) is 1. The number of ether oxygens (including phenoxy) is 1. The van der Waals surface area contributed by atoms with Crippen molar-refractivity contribution in [1.29, 1.82) is 0 Å². The van der Waals surface area contributed by atoms with Crippen LogP contribution in [0.3, 0.4) is 0 Å². The molecule has 0 aromatic carbocycles. The average Bonchev–Trinajstić information content (AvgIpc) is 2.97. The molecule has 19 heavy (non-hydrogen) atoms. The lowest BCUT2D eigenvalue weighted by Gasteiger charge is -2.23. The number of amides is 1. The Labute approximate surface area is 113 Å². The molecular formula is C14H22N2O3. The van der Waals surface area contributed by atoms with E-state index in [1.165, 1.54) is 19.3 Å². The van der Waals surface area contributed by atoms with Gasteiger partial charge in [-0.05, 0) is 51.9 Å². The molecule has 1 N–H and O–H groups in total. The molecule has 0 aromatic heterocycles. The summed E-state index contributed by atoms with van der Waals surface area (Å²) in [5.41, 5.74) is 0.524. The number of oxime groups is 1. The molecule has 2 fully saturated rings. The summed E-state index contributed by atoms with van der Waals surface area (Å²) in [6.45, 7) is 6.01. The first kappa shape index (κ1) is 12.8. The highest BCUT2D eigenvalue weighted by Gasteiger charge is 2.54. The number of hydrogen-bond acceptors (Lipinski definition) is 4. The second kappa shape index (κ2) is 4.39. The zero-order valence-corrected chi connectivity index (χ0v) is 11.8. The highest BCUT2D eigenvalue weighted by molar-refractivity contribution is 5.92. The van der Waals surface area contributed by atoms with Crippen LogP contribution in [-0.4, -0.2) is 30.1 Å². The van der Waals surface area contributed by atoms with Crippen LogP contribution in [0.1, 0.15) is 40.0 Å². The highest BCUT2D eigenvalue weighted by atomic mass is 16.6. The summed E-state index contributed by atoms with van der Waals surface area (Å²) in [7, 11) is 0. The monoisotopic (exact) mass is 266 g/mol. The quantitative estimate of drug-likeness (QED) is 0.834. The highest BCUT2D eigenvalue weighted by Crippen LogP contribution is 2.52. The van der Waals surface area contributed by atoms with E-state index >= 15 is 0 Å². The van der Waals surface area contributed by atoms with Crippen LogP contribution in [0.15, 0.2) is 5.16 Å². The molecule has 2 bridgehead atoms. The van der Waals surface area contributed by atoms with E-state index in [0.29, 0.717) is 24.3 Å². The fourth-order valence-electron chi connectivity index (χ4n) is 3.67. The lowest BCUT2D eigenvalue weighted by atomic mass is 9.83. The maximum absolute atomic E-state index is 11.6. The first-order chi connectivity index (χ1) is 8.94. The van der Waals surface area contributed by atoms with Gasteiger partial charge >= 0.3 is 6.09 Å². The molecule has 0 aromatic rings. The summed E-state index contributed by atoms with van der Waals surface area (Å²) in [5, 5.41) is 6.96. The van der Waals surface area contributed by atoms with Gasteiger partial charge in [-0.1, -0.05) is 5.16 Å². The summed E-state index contributed by atoms with van der Waals surface area (Å²) in [5.74, 6) is 1.81. The van der Waals surface area contributed by atoms with Gasteiger partial charge in [0.25, 0.3) is 0 Å². The van der Waals surface area contributed by atoms with Gasteiger partial charge in [0, 0.05) is 5.92 Å². The van der Waals surface area contributed by atoms with Gasteiger partial charge in [0.15, 0.2) is 0 Å². The van der Waals surface area contributed by atoms with E-state index in [1.807, 2.05) is 20.8 Å². The molecule has 2 saturated carbocycles. The van der Waals surface area contributed by atoms with Crippen molar-refractivity contribution < 1.29 is 14.4 Å². The van der Waals surface area contributed by atoms with Gasteiger partial charge in [0.1, 0.15) is 11.7 Å². The number of carbonyl (C=O) groups is 1. The van der Waals surface area contributed by atoms with Crippen molar-refractivity contribution in [2.24, 2.45) is 22.9 Å². The molecule has 0 unspecified atom stereocenters. The minimum absolute atomic E-state index is 0.272. The Bertz CT molecular complexity index is 413. The van der Waals surface area contributed by atoms with Gasteiger partial charge in [-0.2, -0.15) is 0 Å². The molecule has 2 aliphatic carbocycles. The first-order valence-corrected chi connectivity index (χ1v) is 7.13. The number of hydrogen-bond donors (Lipinski definition) is 1. The first-order valence-electron chi connectivity index (χ1n) is 7.13.